The van der Waals surface area contributed by atoms with Crippen LogP contribution < -0.4 is 5.32 Å². The van der Waals surface area contributed by atoms with Crippen molar-refractivity contribution in [3.63, 3.8) is 0 Å². The van der Waals surface area contributed by atoms with Gasteiger partial charge in [-0.2, -0.15) is 0 Å². The minimum absolute atomic E-state index is 0.0218. The molecule has 234 valence electrons. The number of carbonyl (C=O) groups is 2. The van der Waals surface area contributed by atoms with Gasteiger partial charge in [-0.05, 0) is 24.0 Å². The zero-order valence-electron chi connectivity index (χ0n) is 25.5. The van der Waals surface area contributed by atoms with E-state index in [0.29, 0.717) is 12.8 Å². The lowest BCUT2D eigenvalue weighted by Gasteiger charge is -2.23. The Morgan fingerprint density at radius 1 is 0.667 bits per heavy atom. The minimum Gasteiger partial charge on any atom is -0.463 e. The van der Waals surface area contributed by atoms with E-state index in [1.54, 1.807) is 0 Å². The summed E-state index contributed by atoms with van der Waals surface area (Å²) in [6.45, 7) is 3.85. The summed E-state index contributed by atoms with van der Waals surface area (Å²) < 4.78 is 36.1. The number of hydrogen-bond acceptors (Lipinski definition) is 7. The summed E-state index contributed by atoms with van der Waals surface area (Å²) in [6, 6.07) is 17.9. The number of esters is 1. The molecule has 0 saturated heterocycles. The fourth-order valence-electron chi connectivity index (χ4n) is 4.25. The van der Waals surface area contributed by atoms with Gasteiger partial charge in [0.05, 0.1) is 25.9 Å². The average molecular weight is 604 g/mol. The Hall–Kier alpha value is -2.51. The maximum Gasteiger partial charge on any atom is 0.475 e. The Labute approximate surface area is 252 Å². The van der Waals surface area contributed by atoms with Crippen LogP contribution in [-0.4, -0.2) is 31.1 Å². The first-order valence-corrected chi connectivity index (χ1v) is 17.0. The molecular weight excluding hydrogens is 553 g/mol. The molecule has 2 aromatic carbocycles. The molecule has 8 nitrogen and oxygen atoms in total. The van der Waals surface area contributed by atoms with Crippen LogP contribution in [0.2, 0.25) is 0 Å². The number of benzene rings is 2. The molecule has 1 amide bonds. The molecule has 0 bridgehead atoms. The van der Waals surface area contributed by atoms with Crippen LogP contribution in [0.25, 0.3) is 0 Å². The molecule has 2 aromatic rings. The van der Waals surface area contributed by atoms with Gasteiger partial charge in [0.25, 0.3) is 0 Å². The van der Waals surface area contributed by atoms with Gasteiger partial charge in [0.15, 0.2) is 0 Å². The Balaban J connectivity index is 1.93. The van der Waals surface area contributed by atoms with Crippen LogP contribution in [0.4, 0.5) is 0 Å². The lowest BCUT2D eigenvalue weighted by molar-refractivity contribution is -0.145. The van der Waals surface area contributed by atoms with Crippen molar-refractivity contribution < 1.29 is 32.5 Å². The van der Waals surface area contributed by atoms with Gasteiger partial charge in [0.2, 0.25) is 5.91 Å². The number of phosphoric acid groups is 1. The van der Waals surface area contributed by atoms with Crippen molar-refractivity contribution in [1.29, 1.82) is 0 Å². The Morgan fingerprint density at radius 3 is 1.71 bits per heavy atom. The number of carbonyl (C=O) groups excluding carboxylic acids is 2. The van der Waals surface area contributed by atoms with Crippen LogP contribution in [0.15, 0.2) is 60.7 Å². The monoisotopic (exact) mass is 603 g/mol. The predicted molar refractivity (Wildman–Crippen MR) is 166 cm³/mol. The molecule has 0 heterocycles. The van der Waals surface area contributed by atoms with E-state index in [1.165, 1.54) is 38.5 Å². The Kier molecular flexibility index (Phi) is 18.8. The first-order chi connectivity index (χ1) is 20.4. The van der Waals surface area contributed by atoms with Crippen molar-refractivity contribution in [1.82, 2.24) is 5.32 Å². The van der Waals surface area contributed by atoms with Crippen LogP contribution in [0.1, 0.15) is 102 Å². The smallest absolute Gasteiger partial charge is 0.463 e. The van der Waals surface area contributed by atoms with E-state index in [2.05, 4.69) is 12.2 Å². The van der Waals surface area contributed by atoms with Gasteiger partial charge in [-0.25, -0.2) is 4.57 Å². The number of rotatable bonds is 24. The molecule has 42 heavy (non-hydrogen) atoms. The van der Waals surface area contributed by atoms with Gasteiger partial charge in [0.1, 0.15) is 6.61 Å². The van der Waals surface area contributed by atoms with E-state index in [4.69, 9.17) is 18.3 Å². The topological polar surface area (TPSA) is 100 Å². The molecule has 0 fully saturated rings. The third kappa shape index (κ3) is 16.8. The Bertz CT molecular complexity index is 988. The number of hydrogen-bond donors (Lipinski definition) is 1. The summed E-state index contributed by atoms with van der Waals surface area (Å²) in [5.74, 6) is -0.525. The first kappa shape index (κ1) is 35.7. The lowest BCUT2D eigenvalue weighted by Crippen LogP contribution is -2.42. The van der Waals surface area contributed by atoms with E-state index < -0.39 is 13.9 Å². The van der Waals surface area contributed by atoms with Crippen LogP contribution in [0.3, 0.4) is 0 Å². The van der Waals surface area contributed by atoms with Crippen molar-refractivity contribution in [2.24, 2.45) is 0 Å². The van der Waals surface area contributed by atoms with Crippen LogP contribution in [0.5, 0.6) is 0 Å². The molecule has 0 aliphatic carbocycles. The third-order valence-electron chi connectivity index (χ3n) is 6.67. The van der Waals surface area contributed by atoms with E-state index in [-0.39, 0.29) is 44.7 Å². The standard InChI is InChI=1S/C33H50NO7P/c1-3-5-6-7-8-9-10-11-18-24-32(35)34-31(27-38-33(36)19-4-2)28-41-42(37,39-25-29-20-14-12-15-21-29)40-26-30-22-16-13-17-23-30/h12-17,20-23,31H,3-11,18-19,24-28H2,1-2H3,(H,34,35)/t31-/m0/s1. The highest BCUT2D eigenvalue weighted by Gasteiger charge is 2.29. The van der Waals surface area contributed by atoms with Gasteiger partial charge in [0, 0.05) is 12.8 Å². The molecule has 9 heteroatoms. The molecule has 0 spiro atoms. The van der Waals surface area contributed by atoms with E-state index >= 15 is 0 Å². The highest BCUT2D eigenvalue weighted by Crippen LogP contribution is 2.51. The molecule has 0 aliphatic heterocycles. The molecule has 0 unspecified atom stereocenters. The Morgan fingerprint density at radius 2 is 1.19 bits per heavy atom. The zero-order valence-corrected chi connectivity index (χ0v) is 26.4. The summed E-state index contributed by atoms with van der Waals surface area (Å²) in [4.78, 5) is 24.8. The van der Waals surface area contributed by atoms with Crippen molar-refractivity contribution in [2.75, 3.05) is 13.2 Å². The van der Waals surface area contributed by atoms with E-state index in [0.717, 1.165) is 30.4 Å². The maximum absolute atomic E-state index is 13.7. The number of unbranched alkanes of at least 4 members (excludes halogenated alkanes) is 8. The predicted octanol–water partition coefficient (Wildman–Crippen LogP) is 8.29. The molecule has 1 atom stereocenters. The number of amides is 1. The van der Waals surface area contributed by atoms with Crippen molar-refractivity contribution in [2.45, 2.75) is 110 Å². The van der Waals surface area contributed by atoms with Crippen molar-refractivity contribution >= 4 is 19.7 Å². The summed E-state index contributed by atoms with van der Waals surface area (Å²) in [7, 11) is -4.04. The SMILES string of the molecule is CCCCCCCCCCCC(=O)N[C@@H](COC(=O)CCC)COP(=O)(OCc1ccccc1)OCc1ccccc1. The quantitative estimate of drug-likeness (QED) is 0.0732. The average Bonchev–Trinajstić information content (AvgIpc) is 3.01. The minimum atomic E-state index is -4.04. The first-order valence-electron chi connectivity index (χ1n) is 15.5. The van der Waals surface area contributed by atoms with Gasteiger partial charge in [-0.15, -0.1) is 0 Å². The lowest BCUT2D eigenvalue weighted by atomic mass is 10.1. The summed E-state index contributed by atoms with van der Waals surface area (Å²) >= 11 is 0. The van der Waals surface area contributed by atoms with Crippen LogP contribution in [-0.2, 0) is 45.7 Å². The summed E-state index contributed by atoms with van der Waals surface area (Å²) in [5.41, 5.74) is 1.62. The highest BCUT2D eigenvalue weighted by molar-refractivity contribution is 7.48. The third-order valence-corrected chi connectivity index (χ3v) is 8.03. The second-order valence-electron chi connectivity index (χ2n) is 10.5. The fraction of sp³-hybridized carbons (Fsp3) is 0.576. The van der Waals surface area contributed by atoms with Crippen molar-refractivity contribution in [3.05, 3.63) is 71.8 Å². The van der Waals surface area contributed by atoms with Gasteiger partial charge in [-0.1, -0.05) is 126 Å². The van der Waals surface area contributed by atoms with E-state index in [1.807, 2.05) is 67.6 Å². The molecule has 0 saturated carbocycles. The number of ether oxygens (including phenoxy) is 1. The zero-order chi connectivity index (χ0) is 30.3. The maximum atomic E-state index is 13.7. The molecule has 2 rings (SSSR count). The largest absolute Gasteiger partial charge is 0.475 e. The van der Waals surface area contributed by atoms with Gasteiger partial charge < -0.3 is 10.1 Å². The number of nitrogens with one attached hydrogen (secondary N) is 1. The normalized spacial score (nSPS) is 12.1. The molecule has 0 aliphatic rings. The van der Waals surface area contributed by atoms with E-state index in [9.17, 15) is 14.2 Å². The second kappa shape index (κ2) is 22.1. The van der Waals surface area contributed by atoms with Gasteiger partial charge >= 0.3 is 13.8 Å². The molecular formula is C33H50NO7P. The highest BCUT2D eigenvalue weighted by atomic mass is 31.2. The molecule has 0 aromatic heterocycles. The second-order valence-corrected chi connectivity index (χ2v) is 12.2. The van der Waals surface area contributed by atoms with Gasteiger partial charge in [-0.3, -0.25) is 23.2 Å². The van der Waals surface area contributed by atoms with Crippen LogP contribution >= 0.6 is 7.82 Å². The number of phosphoric ester groups is 1. The summed E-state index contributed by atoms with van der Waals surface area (Å²) in [5, 5.41) is 2.89. The molecule has 1 N–H and O–H groups in total. The molecule has 0 radical (unpaired) electrons. The van der Waals surface area contributed by atoms with Crippen molar-refractivity contribution in [3.8, 4) is 0 Å². The van der Waals surface area contributed by atoms with Crippen LogP contribution in [0, 0.1) is 0 Å². The fourth-order valence-corrected chi connectivity index (χ4v) is 5.45. The summed E-state index contributed by atoms with van der Waals surface area (Å²) in [6.07, 6.45) is 11.7.